The lowest BCUT2D eigenvalue weighted by molar-refractivity contribution is -0.139. The van der Waals surface area contributed by atoms with Crippen molar-refractivity contribution >= 4 is 12.0 Å². The number of H-pyrrole nitrogens is 1. The second-order valence-corrected chi connectivity index (χ2v) is 4.26. The molecule has 1 heterocycles. The van der Waals surface area contributed by atoms with Crippen LogP contribution in [0, 0.1) is 0 Å². The number of aliphatic carboxylic acids is 1. The highest BCUT2D eigenvalue weighted by molar-refractivity contribution is 5.82. The summed E-state index contributed by atoms with van der Waals surface area (Å²) in [6, 6.07) is -1.99. The minimum atomic E-state index is -1.13. The highest BCUT2D eigenvalue weighted by atomic mass is 16.4. The number of urea groups is 1. The molecule has 1 rings (SSSR count). The second-order valence-electron chi connectivity index (χ2n) is 4.26. The smallest absolute Gasteiger partial charge is 0.326 e. The zero-order valence-corrected chi connectivity index (χ0v) is 10.8. The number of aliphatic hydroxyl groups excluding tert-OH is 1. The predicted octanol–water partition coefficient (Wildman–Crippen LogP) is -0.572. The summed E-state index contributed by atoms with van der Waals surface area (Å²) in [4.78, 5) is 30.7. The molecule has 0 saturated carbocycles. The van der Waals surface area contributed by atoms with E-state index in [0.29, 0.717) is 5.69 Å². The highest BCUT2D eigenvalue weighted by Gasteiger charge is 2.24. The summed E-state index contributed by atoms with van der Waals surface area (Å²) in [6.45, 7) is 1.46. The molecule has 8 heteroatoms. The molecule has 0 aliphatic rings. The fraction of sp³-hybridized carbons (Fsp3) is 0.545. The second kappa shape index (κ2) is 6.74. The zero-order valence-electron chi connectivity index (χ0n) is 10.8. The molecule has 8 nitrogen and oxygen atoms in total. The number of hydrogen-bond donors (Lipinski definition) is 4. The van der Waals surface area contributed by atoms with Crippen LogP contribution in [0.5, 0.6) is 0 Å². The maximum atomic E-state index is 11.8. The van der Waals surface area contributed by atoms with Gasteiger partial charge >= 0.3 is 12.0 Å². The van der Waals surface area contributed by atoms with Crippen LogP contribution in [0.3, 0.4) is 0 Å². The number of aliphatic hydroxyl groups is 1. The quantitative estimate of drug-likeness (QED) is 0.552. The Morgan fingerprint density at radius 1 is 1.58 bits per heavy atom. The van der Waals surface area contributed by atoms with E-state index in [1.807, 2.05) is 0 Å². The average Bonchev–Trinajstić information content (AvgIpc) is 2.88. The van der Waals surface area contributed by atoms with Crippen molar-refractivity contribution in [3.8, 4) is 0 Å². The Hall–Kier alpha value is -2.09. The number of likely N-dealkylation sites (N-methyl/N-ethyl adjacent to an activating group) is 1. The Balaban J connectivity index is 2.63. The van der Waals surface area contributed by atoms with Gasteiger partial charge in [-0.3, -0.25) is 0 Å². The van der Waals surface area contributed by atoms with Crippen molar-refractivity contribution < 1.29 is 19.8 Å². The van der Waals surface area contributed by atoms with Crippen molar-refractivity contribution in [3.05, 3.63) is 18.2 Å². The molecule has 2 unspecified atom stereocenters. The number of imidazole rings is 1. The first-order valence-corrected chi connectivity index (χ1v) is 5.80. The maximum Gasteiger partial charge on any atom is 0.326 e. The first kappa shape index (κ1) is 15.0. The fourth-order valence-electron chi connectivity index (χ4n) is 1.39. The maximum absolute atomic E-state index is 11.8. The van der Waals surface area contributed by atoms with Crippen LogP contribution in [0.15, 0.2) is 12.5 Å². The molecule has 2 atom stereocenters. The largest absolute Gasteiger partial charge is 0.480 e. The van der Waals surface area contributed by atoms with E-state index in [4.69, 9.17) is 10.2 Å². The van der Waals surface area contributed by atoms with Crippen LogP contribution in [-0.4, -0.2) is 62.8 Å². The van der Waals surface area contributed by atoms with Crippen LogP contribution in [-0.2, 0) is 11.2 Å². The molecule has 19 heavy (non-hydrogen) atoms. The lowest BCUT2D eigenvalue weighted by Crippen LogP contribution is -2.50. The zero-order chi connectivity index (χ0) is 14.4. The Morgan fingerprint density at radius 3 is 2.74 bits per heavy atom. The molecule has 106 valence electrons. The number of hydrogen-bond acceptors (Lipinski definition) is 4. The predicted molar refractivity (Wildman–Crippen MR) is 66.6 cm³/mol. The van der Waals surface area contributed by atoms with E-state index in [1.54, 1.807) is 6.92 Å². The van der Waals surface area contributed by atoms with E-state index in [9.17, 15) is 9.59 Å². The third-order valence-corrected chi connectivity index (χ3v) is 2.82. The van der Waals surface area contributed by atoms with Crippen molar-refractivity contribution in [2.45, 2.75) is 25.4 Å². The molecule has 0 bridgehead atoms. The first-order valence-electron chi connectivity index (χ1n) is 5.80. The molecule has 0 aliphatic carbocycles. The molecule has 0 aliphatic heterocycles. The third kappa shape index (κ3) is 4.25. The number of carbonyl (C=O) groups is 2. The monoisotopic (exact) mass is 270 g/mol. The molecule has 0 aromatic carbocycles. The van der Waals surface area contributed by atoms with Gasteiger partial charge in [-0.05, 0) is 6.92 Å². The Kier molecular flexibility index (Phi) is 5.31. The molecule has 1 aromatic heterocycles. The standard InChI is InChI=1S/C11H18N4O4/c1-7(5-16)15(2)11(19)14-9(10(17)18)3-8-4-12-6-13-8/h4,6-7,9,16H,3,5H2,1-2H3,(H,12,13)(H,14,19)(H,17,18). The first-order chi connectivity index (χ1) is 8.95. The molecule has 2 amide bonds. The van der Waals surface area contributed by atoms with Gasteiger partial charge in [0.1, 0.15) is 6.04 Å². The van der Waals surface area contributed by atoms with Gasteiger partial charge in [-0.15, -0.1) is 0 Å². The minimum Gasteiger partial charge on any atom is -0.480 e. The summed E-state index contributed by atoms with van der Waals surface area (Å²) in [5.74, 6) is -1.13. The van der Waals surface area contributed by atoms with Crippen LogP contribution >= 0.6 is 0 Å². The normalized spacial score (nSPS) is 13.6. The number of rotatable bonds is 6. The summed E-state index contributed by atoms with van der Waals surface area (Å²) >= 11 is 0. The van der Waals surface area contributed by atoms with Gasteiger partial charge < -0.3 is 25.4 Å². The summed E-state index contributed by atoms with van der Waals surface area (Å²) < 4.78 is 0. The molecule has 0 spiro atoms. The number of carboxylic acid groups (broad SMARTS) is 1. The number of aromatic amines is 1. The van der Waals surface area contributed by atoms with Crippen LogP contribution in [0.4, 0.5) is 4.79 Å². The number of nitrogens with one attached hydrogen (secondary N) is 2. The van der Waals surface area contributed by atoms with Crippen molar-refractivity contribution in [1.82, 2.24) is 20.2 Å². The van der Waals surface area contributed by atoms with Gasteiger partial charge in [-0.1, -0.05) is 0 Å². The summed E-state index contributed by atoms with van der Waals surface area (Å²) in [5, 5.41) is 20.4. The van der Waals surface area contributed by atoms with E-state index in [1.165, 1.54) is 24.5 Å². The van der Waals surface area contributed by atoms with Gasteiger partial charge in [0.25, 0.3) is 0 Å². The molecule has 0 saturated heterocycles. The molecule has 4 N–H and O–H groups in total. The highest BCUT2D eigenvalue weighted by Crippen LogP contribution is 2.01. The van der Waals surface area contributed by atoms with Crippen molar-refractivity contribution in [2.24, 2.45) is 0 Å². The number of carboxylic acids is 1. The SMILES string of the molecule is CC(CO)N(C)C(=O)NC(Cc1cnc[nH]1)C(=O)O. The minimum absolute atomic E-state index is 0.114. The number of amides is 2. The summed E-state index contributed by atoms with van der Waals surface area (Å²) in [7, 11) is 1.49. The van der Waals surface area contributed by atoms with Crippen LogP contribution in [0.2, 0.25) is 0 Å². The van der Waals surface area contributed by atoms with Gasteiger partial charge in [0, 0.05) is 25.4 Å². The molecule has 0 fully saturated rings. The Bertz CT molecular complexity index is 420. The lowest BCUT2D eigenvalue weighted by Gasteiger charge is -2.25. The molecule has 0 radical (unpaired) electrons. The van der Waals surface area contributed by atoms with Gasteiger partial charge in [-0.25, -0.2) is 14.6 Å². The summed E-state index contributed by atoms with van der Waals surface area (Å²) in [5.41, 5.74) is 0.616. The van der Waals surface area contributed by atoms with E-state index < -0.39 is 18.0 Å². The molecule has 1 aromatic rings. The fourth-order valence-corrected chi connectivity index (χ4v) is 1.39. The van der Waals surface area contributed by atoms with Crippen LogP contribution < -0.4 is 5.32 Å². The number of carbonyl (C=O) groups excluding carboxylic acids is 1. The van der Waals surface area contributed by atoms with Crippen molar-refractivity contribution in [2.75, 3.05) is 13.7 Å². The van der Waals surface area contributed by atoms with Gasteiger partial charge in [-0.2, -0.15) is 0 Å². The van der Waals surface area contributed by atoms with Crippen molar-refractivity contribution in [1.29, 1.82) is 0 Å². The van der Waals surface area contributed by atoms with E-state index in [2.05, 4.69) is 15.3 Å². The number of aromatic nitrogens is 2. The Morgan fingerprint density at radius 2 is 2.26 bits per heavy atom. The van der Waals surface area contributed by atoms with Gasteiger partial charge in [0.15, 0.2) is 0 Å². The Labute approximate surface area is 110 Å². The van der Waals surface area contributed by atoms with E-state index in [-0.39, 0.29) is 19.1 Å². The molecular weight excluding hydrogens is 252 g/mol. The van der Waals surface area contributed by atoms with Crippen LogP contribution in [0.25, 0.3) is 0 Å². The lowest BCUT2D eigenvalue weighted by atomic mass is 10.1. The van der Waals surface area contributed by atoms with Gasteiger partial charge in [0.05, 0.1) is 19.0 Å². The van der Waals surface area contributed by atoms with Crippen molar-refractivity contribution in [3.63, 3.8) is 0 Å². The van der Waals surface area contributed by atoms with Crippen LogP contribution in [0.1, 0.15) is 12.6 Å². The topological polar surface area (TPSA) is 119 Å². The average molecular weight is 270 g/mol. The number of nitrogens with zero attached hydrogens (tertiary/aromatic N) is 2. The molecular formula is C11H18N4O4. The summed E-state index contributed by atoms with van der Waals surface area (Å²) in [6.07, 6.45) is 3.06. The van der Waals surface area contributed by atoms with Gasteiger partial charge in [0.2, 0.25) is 0 Å². The van der Waals surface area contributed by atoms with E-state index >= 15 is 0 Å². The third-order valence-electron chi connectivity index (χ3n) is 2.82. The van der Waals surface area contributed by atoms with E-state index in [0.717, 1.165) is 0 Å².